The van der Waals surface area contributed by atoms with Crippen molar-refractivity contribution < 1.29 is 8.78 Å². The van der Waals surface area contributed by atoms with Crippen molar-refractivity contribution in [2.75, 3.05) is 27.7 Å². The van der Waals surface area contributed by atoms with E-state index in [1.807, 2.05) is 20.2 Å². The molecule has 2 aromatic carbocycles. The van der Waals surface area contributed by atoms with E-state index in [2.05, 4.69) is 20.5 Å². The van der Waals surface area contributed by atoms with Crippen molar-refractivity contribution in [2.24, 2.45) is 4.99 Å². The molecule has 1 unspecified atom stereocenters. The van der Waals surface area contributed by atoms with Crippen LogP contribution in [0, 0.1) is 18.6 Å². The third kappa shape index (κ3) is 7.06. The summed E-state index contributed by atoms with van der Waals surface area (Å²) in [4.78, 5) is 6.26. The fraction of sp³-hybridized carbons (Fsp3) is 0.350. The van der Waals surface area contributed by atoms with E-state index in [0.717, 1.165) is 11.1 Å². The molecule has 0 heterocycles. The van der Waals surface area contributed by atoms with Crippen LogP contribution in [-0.4, -0.2) is 38.5 Å². The number of aryl methyl sites for hydroxylation is 1. The van der Waals surface area contributed by atoms with Crippen LogP contribution in [0.15, 0.2) is 47.5 Å². The molecule has 2 aromatic rings. The monoisotopic (exact) mass is 488 g/mol. The zero-order valence-corrected chi connectivity index (χ0v) is 18.4. The van der Waals surface area contributed by atoms with Crippen molar-refractivity contribution in [3.63, 3.8) is 0 Å². The van der Waals surface area contributed by atoms with Gasteiger partial charge in [-0.3, -0.25) is 4.99 Å². The molecule has 0 spiro atoms. The Kier molecular flexibility index (Phi) is 9.65. The quantitative estimate of drug-likeness (QED) is 0.369. The van der Waals surface area contributed by atoms with Crippen molar-refractivity contribution >= 4 is 29.9 Å². The summed E-state index contributed by atoms with van der Waals surface area (Å²) in [5.41, 5.74) is 2.49. The first-order valence-electron chi connectivity index (χ1n) is 8.52. The molecule has 0 fully saturated rings. The molecule has 0 aliphatic carbocycles. The Bertz CT molecular complexity index is 748. The normalized spacial score (nSPS) is 12.5. The number of halogens is 3. The van der Waals surface area contributed by atoms with E-state index in [1.165, 1.54) is 18.2 Å². The summed E-state index contributed by atoms with van der Waals surface area (Å²) < 4.78 is 26.8. The zero-order valence-electron chi connectivity index (χ0n) is 16.1. The van der Waals surface area contributed by atoms with E-state index in [-0.39, 0.29) is 41.7 Å². The minimum Gasteiger partial charge on any atom is -0.354 e. The maximum atomic E-state index is 13.6. The van der Waals surface area contributed by atoms with Crippen LogP contribution in [0.25, 0.3) is 0 Å². The van der Waals surface area contributed by atoms with Gasteiger partial charge in [0, 0.05) is 20.1 Å². The van der Waals surface area contributed by atoms with Gasteiger partial charge in [0.15, 0.2) is 5.96 Å². The van der Waals surface area contributed by atoms with Crippen LogP contribution in [0.4, 0.5) is 8.78 Å². The number of aliphatic imine (C=N–C) groups is 1. The molecule has 0 aliphatic rings. The van der Waals surface area contributed by atoms with Gasteiger partial charge in [-0.25, -0.2) is 8.78 Å². The first-order chi connectivity index (χ1) is 12.4. The number of benzene rings is 2. The van der Waals surface area contributed by atoms with Crippen LogP contribution >= 0.6 is 24.0 Å². The second kappa shape index (κ2) is 11.2. The molecule has 0 saturated heterocycles. The Balaban J connectivity index is 0.00000364. The number of hydrogen-bond acceptors (Lipinski definition) is 2. The highest BCUT2D eigenvalue weighted by atomic mass is 127. The minimum atomic E-state index is -0.248. The number of rotatable bonds is 6. The van der Waals surface area contributed by atoms with Gasteiger partial charge < -0.3 is 15.5 Å². The number of hydrogen-bond donors (Lipinski definition) is 2. The lowest BCUT2D eigenvalue weighted by molar-refractivity contribution is 0.298. The summed E-state index contributed by atoms with van der Waals surface area (Å²) in [5.74, 6) is 0.165. The molecule has 0 amide bonds. The predicted octanol–water partition coefficient (Wildman–Crippen LogP) is 3.86. The van der Waals surface area contributed by atoms with Gasteiger partial charge >= 0.3 is 0 Å². The molecular formula is C20H27F2IN4. The average Bonchev–Trinajstić information content (AvgIpc) is 2.62. The van der Waals surface area contributed by atoms with Gasteiger partial charge in [0.05, 0.1) is 6.04 Å². The predicted molar refractivity (Wildman–Crippen MR) is 118 cm³/mol. The molecule has 0 saturated carbocycles. The lowest BCUT2D eigenvalue weighted by atomic mass is 10.1. The first-order valence-corrected chi connectivity index (χ1v) is 8.52. The lowest BCUT2D eigenvalue weighted by Crippen LogP contribution is -2.41. The number of nitrogens with zero attached hydrogens (tertiary/aromatic N) is 2. The van der Waals surface area contributed by atoms with Crippen LogP contribution in [-0.2, 0) is 6.54 Å². The maximum Gasteiger partial charge on any atom is 0.191 e. The van der Waals surface area contributed by atoms with Crippen molar-refractivity contribution in [3.8, 4) is 0 Å². The van der Waals surface area contributed by atoms with Crippen LogP contribution < -0.4 is 10.6 Å². The van der Waals surface area contributed by atoms with Crippen LogP contribution in [0.5, 0.6) is 0 Å². The van der Waals surface area contributed by atoms with Gasteiger partial charge in [0.25, 0.3) is 0 Å². The van der Waals surface area contributed by atoms with Gasteiger partial charge in [-0.15, -0.1) is 24.0 Å². The molecule has 148 valence electrons. The Morgan fingerprint density at radius 2 is 1.74 bits per heavy atom. The second-order valence-electron chi connectivity index (χ2n) is 6.42. The number of guanidine groups is 1. The van der Waals surface area contributed by atoms with Gasteiger partial charge in [-0.1, -0.05) is 24.3 Å². The topological polar surface area (TPSA) is 39.7 Å². The fourth-order valence-corrected chi connectivity index (χ4v) is 2.63. The van der Waals surface area contributed by atoms with Crippen LogP contribution in [0.2, 0.25) is 0 Å². The standard InChI is InChI=1S/C20H26F2N4.HI/c1-14-5-6-15(11-18(14)22)12-24-20(23-2)25-13-19(26(3)4)16-7-9-17(21)10-8-16;/h5-11,19H,12-13H2,1-4H3,(H2,23,24,25);1H. The summed E-state index contributed by atoms with van der Waals surface area (Å²) in [6, 6.07) is 11.7. The van der Waals surface area contributed by atoms with Crippen molar-refractivity contribution in [1.82, 2.24) is 15.5 Å². The van der Waals surface area contributed by atoms with Crippen LogP contribution in [0.3, 0.4) is 0 Å². The van der Waals surface area contributed by atoms with Crippen molar-refractivity contribution in [1.29, 1.82) is 0 Å². The first kappa shape index (κ1) is 23.3. The largest absolute Gasteiger partial charge is 0.354 e. The molecule has 4 nitrogen and oxygen atoms in total. The highest BCUT2D eigenvalue weighted by molar-refractivity contribution is 14.0. The highest BCUT2D eigenvalue weighted by Gasteiger charge is 2.14. The molecular weight excluding hydrogens is 461 g/mol. The van der Waals surface area contributed by atoms with E-state index < -0.39 is 0 Å². The zero-order chi connectivity index (χ0) is 19.1. The SMILES string of the molecule is CN=C(NCc1ccc(C)c(F)c1)NCC(c1ccc(F)cc1)N(C)C.I. The van der Waals surface area contributed by atoms with Crippen molar-refractivity contribution in [3.05, 3.63) is 70.8 Å². The lowest BCUT2D eigenvalue weighted by Gasteiger charge is -2.26. The number of likely N-dealkylation sites (N-methyl/N-ethyl adjacent to an activating group) is 1. The van der Waals surface area contributed by atoms with Gasteiger partial charge in [0.1, 0.15) is 11.6 Å². The Labute approximate surface area is 177 Å². The molecule has 1 atom stereocenters. The smallest absolute Gasteiger partial charge is 0.191 e. The van der Waals surface area contributed by atoms with Crippen molar-refractivity contribution in [2.45, 2.75) is 19.5 Å². The summed E-state index contributed by atoms with van der Waals surface area (Å²) in [5, 5.41) is 6.45. The van der Waals surface area contributed by atoms with Crippen LogP contribution in [0.1, 0.15) is 22.7 Å². The van der Waals surface area contributed by atoms with E-state index in [9.17, 15) is 8.78 Å². The Morgan fingerprint density at radius 1 is 1.07 bits per heavy atom. The van der Waals surface area contributed by atoms with Gasteiger partial charge in [-0.2, -0.15) is 0 Å². The highest BCUT2D eigenvalue weighted by Crippen LogP contribution is 2.17. The maximum absolute atomic E-state index is 13.6. The molecule has 27 heavy (non-hydrogen) atoms. The molecule has 7 heteroatoms. The van der Waals surface area contributed by atoms with E-state index in [1.54, 1.807) is 32.2 Å². The van der Waals surface area contributed by atoms with Gasteiger partial charge in [0.2, 0.25) is 0 Å². The van der Waals surface area contributed by atoms with Gasteiger partial charge in [-0.05, 0) is 55.9 Å². The number of nitrogens with one attached hydrogen (secondary N) is 2. The van der Waals surface area contributed by atoms with E-state index in [4.69, 9.17) is 0 Å². The molecule has 0 aromatic heterocycles. The molecule has 2 N–H and O–H groups in total. The van der Waals surface area contributed by atoms with E-state index >= 15 is 0 Å². The van der Waals surface area contributed by atoms with E-state index in [0.29, 0.717) is 24.6 Å². The molecule has 2 rings (SSSR count). The molecule has 0 radical (unpaired) electrons. The second-order valence-corrected chi connectivity index (χ2v) is 6.42. The Morgan fingerprint density at radius 3 is 2.30 bits per heavy atom. The third-order valence-electron chi connectivity index (χ3n) is 4.26. The summed E-state index contributed by atoms with van der Waals surface area (Å²) in [7, 11) is 5.63. The third-order valence-corrected chi connectivity index (χ3v) is 4.26. The summed E-state index contributed by atoms with van der Waals surface area (Å²) in [6.45, 7) is 2.81. The minimum absolute atomic E-state index is 0. The summed E-state index contributed by atoms with van der Waals surface area (Å²) >= 11 is 0. The fourth-order valence-electron chi connectivity index (χ4n) is 2.63. The Hall–Kier alpha value is -1.74. The molecule has 0 bridgehead atoms. The average molecular weight is 488 g/mol. The summed E-state index contributed by atoms with van der Waals surface area (Å²) in [6.07, 6.45) is 0. The molecule has 0 aliphatic heterocycles.